The Morgan fingerprint density at radius 2 is 1.77 bits per heavy atom. The van der Waals surface area contributed by atoms with Crippen molar-refractivity contribution >= 4 is 11.6 Å². The number of anilines is 1. The molecule has 0 spiro atoms. The van der Waals surface area contributed by atoms with E-state index in [0.717, 1.165) is 22.7 Å². The Hall–Kier alpha value is -2.43. The lowest BCUT2D eigenvalue weighted by molar-refractivity contribution is 0.429. The molecule has 0 amide bonds. The maximum Gasteiger partial charge on any atom is 0.223 e. The zero-order valence-electron chi connectivity index (χ0n) is 12.4. The van der Waals surface area contributed by atoms with Crippen LogP contribution in [0.4, 0.5) is 5.95 Å². The van der Waals surface area contributed by atoms with Gasteiger partial charge in [-0.1, -0.05) is 49.6 Å². The van der Waals surface area contributed by atoms with Crippen molar-refractivity contribution in [3.63, 3.8) is 0 Å². The molecule has 1 saturated carbocycles. The fourth-order valence-corrected chi connectivity index (χ4v) is 3.22. The molecule has 0 radical (unpaired) electrons. The molecule has 0 unspecified atom stereocenters. The van der Waals surface area contributed by atoms with E-state index in [2.05, 4.69) is 10.1 Å². The Morgan fingerprint density at radius 1 is 1.00 bits per heavy atom. The van der Waals surface area contributed by atoms with Gasteiger partial charge in [-0.05, 0) is 12.8 Å². The van der Waals surface area contributed by atoms with Gasteiger partial charge in [0.15, 0.2) is 11.5 Å². The second-order valence-corrected chi connectivity index (χ2v) is 5.94. The quantitative estimate of drug-likeness (QED) is 0.786. The number of fused-ring (bicyclic) bond motifs is 1. The van der Waals surface area contributed by atoms with E-state index < -0.39 is 0 Å². The molecule has 1 aliphatic rings. The normalized spacial score (nSPS) is 16.2. The van der Waals surface area contributed by atoms with E-state index in [1.807, 2.05) is 36.4 Å². The van der Waals surface area contributed by atoms with Gasteiger partial charge >= 0.3 is 0 Å². The highest BCUT2D eigenvalue weighted by Gasteiger charge is 2.21. The van der Waals surface area contributed by atoms with Gasteiger partial charge in [-0.3, -0.25) is 0 Å². The van der Waals surface area contributed by atoms with E-state index >= 15 is 0 Å². The van der Waals surface area contributed by atoms with Crippen LogP contribution in [0.3, 0.4) is 0 Å². The summed E-state index contributed by atoms with van der Waals surface area (Å²) in [6.45, 7) is 0. The molecule has 5 heteroatoms. The predicted molar refractivity (Wildman–Crippen MR) is 86.5 cm³/mol. The molecule has 2 aromatic heterocycles. The lowest BCUT2D eigenvalue weighted by Crippen LogP contribution is -2.07. The SMILES string of the molecule is Nc1nc(-c2ccccc2)cc2nc(C3CCCCC3)nn12. The molecule has 0 saturated heterocycles. The van der Waals surface area contributed by atoms with E-state index in [1.54, 1.807) is 4.52 Å². The zero-order valence-corrected chi connectivity index (χ0v) is 12.4. The van der Waals surface area contributed by atoms with Gasteiger partial charge < -0.3 is 5.73 Å². The maximum absolute atomic E-state index is 6.09. The van der Waals surface area contributed by atoms with Gasteiger partial charge in [-0.15, -0.1) is 5.10 Å². The molecule has 1 fully saturated rings. The Kier molecular flexibility index (Phi) is 3.25. The van der Waals surface area contributed by atoms with Crippen molar-refractivity contribution in [2.75, 3.05) is 5.73 Å². The van der Waals surface area contributed by atoms with E-state index in [4.69, 9.17) is 10.7 Å². The molecule has 0 atom stereocenters. The van der Waals surface area contributed by atoms with Crippen LogP contribution in [-0.2, 0) is 0 Å². The summed E-state index contributed by atoms with van der Waals surface area (Å²) in [5, 5.41) is 4.59. The van der Waals surface area contributed by atoms with Crippen molar-refractivity contribution in [1.82, 2.24) is 19.6 Å². The smallest absolute Gasteiger partial charge is 0.223 e. The summed E-state index contributed by atoms with van der Waals surface area (Å²) < 4.78 is 1.66. The van der Waals surface area contributed by atoms with Crippen molar-refractivity contribution in [1.29, 1.82) is 0 Å². The average molecular weight is 293 g/mol. The van der Waals surface area contributed by atoms with Gasteiger partial charge in [0.05, 0.1) is 5.69 Å². The van der Waals surface area contributed by atoms with E-state index in [-0.39, 0.29) is 0 Å². The highest BCUT2D eigenvalue weighted by Crippen LogP contribution is 2.31. The third-order valence-corrected chi connectivity index (χ3v) is 4.41. The number of rotatable bonds is 2. The third-order valence-electron chi connectivity index (χ3n) is 4.41. The van der Waals surface area contributed by atoms with Crippen molar-refractivity contribution in [3.05, 3.63) is 42.2 Å². The van der Waals surface area contributed by atoms with Crippen molar-refractivity contribution in [2.24, 2.45) is 0 Å². The molecular weight excluding hydrogens is 274 g/mol. The van der Waals surface area contributed by atoms with Crippen molar-refractivity contribution < 1.29 is 0 Å². The zero-order chi connectivity index (χ0) is 14.9. The molecular formula is C17H19N5. The molecule has 112 valence electrons. The molecule has 4 rings (SSSR count). The number of benzene rings is 1. The minimum absolute atomic E-state index is 0.394. The van der Waals surface area contributed by atoms with Gasteiger partial charge in [0.2, 0.25) is 5.95 Å². The Bertz CT molecular complexity index is 787. The van der Waals surface area contributed by atoms with Crippen molar-refractivity contribution in [3.8, 4) is 11.3 Å². The molecule has 5 nitrogen and oxygen atoms in total. The van der Waals surface area contributed by atoms with Crippen molar-refractivity contribution in [2.45, 2.75) is 38.0 Å². The largest absolute Gasteiger partial charge is 0.368 e. The minimum atomic E-state index is 0.394. The molecule has 3 aromatic rings. The first-order chi connectivity index (χ1) is 10.8. The Balaban J connectivity index is 1.77. The van der Waals surface area contributed by atoms with Crippen LogP contribution < -0.4 is 5.73 Å². The van der Waals surface area contributed by atoms with Crippen LogP contribution in [0.1, 0.15) is 43.8 Å². The third kappa shape index (κ3) is 2.32. The fourth-order valence-electron chi connectivity index (χ4n) is 3.22. The van der Waals surface area contributed by atoms with Gasteiger partial charge in [-0.25, -0.2) is 9.97 Å². The van der Waals surface area contributed by atoms with Crippen LogP contribution in [0.2, 0.25) is 0 Å². The van der Waals surface area contributed by atoms with E-state index in [0.29, 0.717) is 11.9 Å². The number of aromatic nitrogens is 4. The molecule has 2 heterocycles. The van der Waals surface area contributed by atoms with Crippen LogP contribution in [0.5, 0.6) is 0 Å². The summed E-state index contributed by atoms with van der Waals surface area (Å²) in [5.41, 5.74) is 8.75. The predicted octanol–water partition coefficient (Wildman–Crippen LogP) is 3.42. The van der Waals surface area contributed by atoms with E-state index in [1.165, 1.54) is 32.1 Å². The lowest BCUT2D eigenvalue weighted by Gasteiger charge is -2.17. The summed E-state index contributed by atoms with van der Waals surface area (Å²) in [7, 11) is 0. The van der Waals surface area contributed by atoms with Gasteiger partial charge in [0, 0.05) is 17.5 Å². The lowest BCUT2D eigenvalue weighted by atomic mass is 9.89. The topological polar surface area (TPSA) is 69.1 Å². The molecule has 0 bridgehead atoms. The monoisotopic (exact) mass is 293 g/mol. The number of hydrogen-bond donors (Lipinski definition) is 1. The highest BCUT2D eigenvalue weighted by atomic mass is 15.3. The fraction of sp³-hybridized carbons (Fsp3) is 0.353. The number of nitrogens with zero attached hydrogens (tertiary/aromatic N) is 4. The first-order valence-electron chi connectivity index (χ1n) is 7.90. The van der Waals surface area contributed by atoms with Crippen LogP contribution in [0.15, 0.2) is 36.4 Å². The summed E-state index contributed by atoms with van der Waals surface area (Å²) >= 11 is 0. The average Bonchev–Trinajstić information content (AvgIpc) is 3.01. The van der Waals surface area contributed by atoms with Crippen LogP contribution in [0.25, 0.3) is 16.9 Å². The first-order valence-corrected chi connectivity index (χ1v) is 7.90. The Morgan fingerprint density at radius 3 is 2.55 bits per heavy atom. The summed E-state index contributed by atoms with van der Waals surface area (Å²) in [5.74, 6) is 1.78. The molecule has 2 N–H and O–H groups in total. The number of hydrogen-bond acceptors (Lipinski definition) is 4. The maximum atomic E-state index is 6.09. The summed E-state index contributed by atoms with van der Waals surface area (Å²) in [6.07, 6.45) is 6.21. The van der Waals surface area contributed by atoms with Crippen LogP contribution >= 0.6 is 0 Å². The molecule has 0 aliphatic heterocycles. The number of nitrogens with two attached hydrogens (primary N) is 1. The molecule has 22 heavy (non-hydrogen) atoms. The van der Waals surface area contributed by atoms with Crippen LogP contribution in [0, 0.1) is 0 Å². The van der Waals surface area contributed by atoms with E-state index in [9.17, 15) is 0 Å². The second kappa shape index (κ2) is 5.40. The summed E-state index contributed by atoms with van der Waals surface area (Å²) in [6, 6.07) is 12.0. The second-order valence-electron chi connectivity index (χ2n) is 5.94. The van der Waals surface area contributed by atoms with Gasteiger partial charge in [0.1, 0.15) is 0 Å². The summed E-state index contributed by atoms with van der Waals surface area (Å²) in [4.78, 5) is 9.18. The first kappa shape index (κ1) is 13.2. The molecule has 1 aliphatic carbocycles. The van der Waals surface area contributed by atoms with Gasteiger partial charge in [0.25, 0.3) is 0 Å². The standard InChI is InChI=1S/C17H19N5/c18-17-19-14(12-7-3-1-4-8-12)11-15-20-16(21-22(15)17)13-9-5-2-6-10-13/h1,3-4,7-8,11,13H,2,5-6,9-10H2,(H2,18,19). The Labute approximate surface area is 129 Å². The van der Waals surface area contributed by atoms with Crippen LogP contribution in [-0.4, -0.2) is 19.6 Å². The van der Waals surface area contributed by atoms with Gasteiger partial charge in [-0.2, -0.15) is 4.52 Å². The molecule has 1 aromatic carbocycles. The number of nitrogen functional groups attached to an aromatic ring is 1. The highest BCUT2D eigenvalue weighted by molar-refractivity contribution is 5.65. The minimum Gasteiger partial charge on any atom is -0.368 e.